The molecule has 0 radical (unpaired) electrons. The smallest absolute Gasteiger partial charge is 0.228 e. The fourth-order valence-corrected chi connectivity index (χ4v) is 2.80. The monoisotopic (exact) mass is 248 g/mol. The van der Waals surface area contributed by atoms with Gasteiger partial charge in [-0.1, -0.05) is 17.7 Å². The molecule has 0 aliphatic carbocycles. The number of halogens is 1. The second-order valence-corrected chi connectivity index (χ2v) is 4.85. The Bertz CT molecular complexity index is 603. The van der Waals surface area contributed by atoms with Crippen molar-refractivity contribution in [2.24, 2.45) is 0 Å². The number of hydrogen-bond donors (Lipinski definition) is 2. The van der Waals surface area contributed by atoms with E-state index in [1.165, 1.54) is 5.56 Å². The molecule has 3 nitrogen and oxygen atoms in total. The molecule has 88 valence electrons. The third kappa shape index (κ3) is 1.53. The maximum Gasteiger partial charge on any atom is 0.228 e. The van der Waals surface area contributed by atoms with Gasteiger partial charge in [0.25, 0.3) is 0 Å². The van der Waals surface area contributed by atoms with Gasteiger partial charge in [0.2, 0.25) is 5.91 Å². The van der Waals surface area contributed by atoms with Gasteiger partial charge in [-0.3, -0.25) is 4.79 Å². The Kier molecular flexibility index (Phi) is 2.37. The summed E-state index contributed by atoms with van der Waals surface area (Å²) in [7, 11) is 0. The van der Waals surface area contributed by atoms with Gasteiger partial charge >= 0.3 is 0 Å². The van der Waals surface area contributed by atoms with Crippen LogP contribution in [0.2, 0.25) is 5.02 Å². The van der Waals surface area contributed by atoms with Crippen molar-refractivity contribution in [2.45, 2.75) is 19.3 Å². The maximum absolute atomic E-state index is 11.8. The minimum Gasteiger partial charge on any atom is -0.357 e. The topological polar surface area (TPSA) is 44.9 Å². The summed E-state index contributed by atoms with van der Waals surface area (Å²) in [4.78, 5) is 15.1. The van der Waals surface area contributed by atoms with Crippen molar-refractivity contribution < 1.29 is 4.79 Å². The van der Waals surface area contributed by atoms with Gasteiger partial charge in [0.05, 0.1) is 10.9 Å². The average molecular weight is 249 g/mol. The summed E-state index contributed by atoms with van der Waals surface area (Å²) < 4.78 is 0. The van der Waals surface area contributed by atoms with E-state index in [0.29, 0.717) is 6.54 Å². The van der Waals surface area contributed by atoms with E-state index >= 15 is 0 Å². The van der Waals surface area contributed by atoms with Crippen LogP contribution in [0.5, 0.6) is 0 Å². The minimum absolute atomic E-state index is 0.0754. The second-order valence-electron chi connectivity index (χ2n) is 4.44. The molecule has 0 saturated heterocycles. The maximum atomic E-state index is 11.8. The summed E-state index contributed by atoms with van der Waals surface area (Å²) in [5, 5.41) is 4.72. The second kappa shape index (κ2) is 3.77. The van der Waals surface area contributed by atoms with Crippen LogP contribution in [0.25, 0.3) is 10.9 Å². The van der Waals surface area contributed by atoms with E-state index < -0.39 is 0 Å². The van der Waals surface area contributed by atoms with Crippen molar-refractivity contribution in [3.8, 4) is 0 Å². The van der Waals surface area contributed by atoms with Crippen LogP contribution in [-0.2, 0) is 11.2 Å². The van der Waals surface area contributed by atoms with Crippen molar-refractivity contribution in [1.82, 2.24) is 10.3 Å². The molecule has 17 heavy (non-hydrogen) atoms. The number of carbonyl (C=O) groups is 1. The van der Waals surface area contributed by atoms with Crippen molar-refractivity contribution in [3.63, 3.8) is 0 Å². The Morgan fingerprint density at radius 2 is 2.24 bits per heavy atom. The molecule has 0 saturated carbocycles. The number of hydrogen-bond acceptors (Lipinski definition) is 1. The number of H-pyrrole nitrogens is 1. The minimum atomic E-state index is -0.143. The van der Waals surface area contributed by atoms with Crippen LogP contribution in [0.1, 0.15) is 24.1 Å². The summed E-state index contributed by atoms with van der Waals surface area (Å²) in [5.41, 5.74) is 3.20. The molecular weight excluding hydrogens is 236 g/mol. The van der Waals surface area contributed by atoms with Gasteiger partial charge in [-0.15, -0.1) is 0 Å². The Labute approximate surface area is 104 Å². The third-order valence-electron chi connectivity index (χ3n) is 3.41. The number of fused-ring (bicyclic) bond motifs is 3. The quantitative estimate of drug-likeness (QED) is 0.740. The first-order valence-corrected chi connectivity index (χ1v) is 6.13. The molecule has 1 atom stereocenters. The van der Waals surface area contributed by atoms with E-state index in [4.69, 9.17) is 11.6 Å². The Morgan fingerprint density at radius 1 is 1.41 bits per heavy atom. The highest BCUT2D eigenvalue weighted by atomic mass is 35.5. The zero-order chi connectivity index (χ0) is 12.0. The SMILES string of the molecule is CC1C(=O)NCCc2c1[nH]c1cccc(Cl)c21. The zero-order valence-corrected chi connectivity index (χ0v) is 10.3. The number of carbonyl (C=O) groups excluding carboxylic acids is 1. The molecule has 4 heteroatoms. The average Bonchev–Trinajstić information content (AvgIpc) is 2.62. The van der Waals surface area contributed by atoms with Gasteiger partial charge in [0.15, 0.2) is 0 Å². The van der Waals surface area contributed by atoms with Gasteiger partial charge in [0, 0.05) is 23.1 Å². The largest absolute Gasteiger partial charge is 0.357 e. The highest BCUT2D eigenvalue weighted by Gasteiger charge is 2.25. The van der Waals surface area contributed by atoms with Crippen molar-refractivity contribution >= 4 is 28.4 Å². The molecular formula is C13H13ClN2O. The van der Waals surface area contributed by atoms with E-state index in [1.807, 2.05) is 25.1 Å². The van der Waals surface area contributed by atoms with Crippen LogP contribution in [-0.4, -0.2) is 17.4 Å². The lowest BCUT2D eigenvalue weighted by molar-refractivity contribution is -0.122. The van der Waals surface area contributed by atoms with Gasteiger partial charge in [-0.25, -0.2) is 0 Å². The molecule has 1 amide bonds. The van der Waals surface area contributed by atoms with Gasteiger partial charge in [-0.05, 0) is 31.0 Å². The number of aromatic amines is 1. The van der Waals surface area contributed by atoms with Crippen LogP contribution in [0.3, 0.4) is 0 Å². The van der Waals surface area contributed by atoms with Gasteiger partial charge < -0.3 is 10.3 Å². The summed E-state index contributed by atoms with van der Waals surface area (Å²) in [5.74, 6) is -0.0672. The van der Waals surface area contributed by atoms with Crippen LogP contribution in [0.4, 0.5) is 0 Å². The number of benzene rings is 1. The van der Waals surface area contributed by atoms with E-state index in [9.17, 15) is 4.79 Å². The summed E-state index contributed by atoms with van der Waals surface area (Å²) >= 11 is 6.25. The highest BCUT2D eigenvalue weighted by molar-refractivity contribution is 6.35. The number of rotatable bonds is 0. The summed E-state index contributed by atoms with van der Waals surface area (Å²) in [6.45, 7) is 2.59. The molecule has 1 aliphatic rings. The Hall–Kier alpha value is -1.48. The van der Waals surface area contributed by atoms with E-state index in [2.05, 4.69) is 10.3 Å². The number of nitrogens with one attached hydrogen (secondary N) is 2. The first-order chi connectivity index (χ1) is 8.18. The first kappa shape index (κ1) is 10.7. The van der Waals surface area contributed by atoms with Gasteiger partial charge in [0.1, 0.15) is 0 Å². The fourth-order valence-electron chi connectivity index (χ4n) is 2.51. The van der Waals surface area contributed by atoms with Crippen LogP contribution in [0, 0.1) is 0 Å². The molecule has 2 N–H and O–H groups in total. The predicted molar refractivity (Wildman–Crippen MR) is 68.4 cm³/mol. The lowest BCUT2D eigenvalue weighted by Gasteiger charge is -2.06. The third-order valence-corrected chi connectivity index (χ3v) is 3.73. The molecule has 0 fully saturated rings. The standard InChI is InChI=1S/C13H13ClN2O/c1-7-12-8(5-6-15-13(7)17)11-9(14)3-2-4-10(11)16-12/h2-4,7,16H,5-6H2,1H3,(H,15,17). The van der Waals surface area contributed by atoms with Crippen molar-refractivity contribution in [2.75, 3.05) is 6.54 Å². The fraction of sp³-hybridized carbons (Fsp3) is 0.308. The molecule has 2 heterocycles. The predicted octanol–water partition coefficient (Wildman–Crippen LogP) is 2.60. The molecule has 0 bridgehead atoms. The lowest BCUT2D eigenvalue weighted by Crippen LogP contribution is -2.27. The first-order valence-electron chi connectivity index (χ1n) is 5.75. The lowest BCUT2D eigenvalue weighted by atomic mass is 10.0. The molecule has 0 spiro atoms. The molecule has 3 rings (SSSR count). The number of amides is 1. The Balaban J connectivity index is 2.31. The van der Waals surface area contributed by atoms with Crippen LogP contribution >= 0.6 is 11.6 Å². The summed E-state index contributed by atoms with van der Waals surface area (Å²) in [6, 6.07) is 5.81. The number of aromatic nitrogens is 1. The molecule has 1 aliphatic heterocycles. The molecule has 1 unspecified atom stereocenters. The molecule has 1 aromatic heterocycles. The zero-order valence-electron chi connectivity index (χ0n) is 9.51. The molecule has 1 aromatic carbocycles. The van der Waals surface area contributed by atoms with E-state index in [-0.39, 0.29) is 11.8 Å². The highest BCUT2D eigenvalue weighted by Crippen LogP contribution is 2.33. The Morgan fingerprint density at radius 3 is 3.06 bits per heavy atom. The normalized spacial score (nSPS) is 19.9. The van der Waals surface area contributed by atoms with Crippen molar-refractivity contribution in [3.05, 3.63) is 34.5 Å². The van der Waals surface area contributed by atoms with E-state index in [1.54, 1.807) is 0 Å². The van der Waals surface area contributed by atoms with Crippen LogP contribution < -0.4 is 5.32 Å². The van der Waals surface area contributed by atoms with E-state index in [0.717, 1.165) is 28.0 Å². The molecule has 2 aromatic rings. The van der Waals surface area contributed by atoms with Gasteiger partial charge in [-0.2, -0.15) is 0 Å². The van der Waals surface area contributed by atoms with Crippen LogP contribution in [0.15, 0.2) is 18.2 Å². The summed E-state index contributed by atoms with van der Waals surface area (Å²) in [6.07, 6.45) is 0.829. The van der Waals surface area contributed by atoms with Crippen molar-refractivity contribution in [1.29, 1.82) is 0 Å².